The zero-order valence-corrected chi connectivity index (χ0v) is 18.8. The van der Waals surface area contributed by atoms with Crippen molar-refractivity contribution in [2.24, 2.45) is 0 Å². The molecular formula is C31H29. The first kappa shape index (κ1) is 19.8. The fraction of sp³-hybridized carbons (Fsp3) is 0.226. The van der Waals surface area contributed by atoms with Crippen molar-refractivity contribution < 1.29 is 0 Å². The van der Waals surface area contributed by atoms with Gasteiger partial charge in [-0.05, 0) is 62.4 Å². The van der Waals surface area contributed by atoms with Gasteiger partial charge in [-0.25, -0.2) is 0 Å². The molecule has 1 radical (unpaired) electrons. The third kappa shape index (κ3) is 2.97. The largest absolute Gasteiger partial charge is 0.0719 e. The van der Waals surface area contributed by atoms with Crippen LogP contribution in [0.25, 0.3) is 11.1 Å². The van der Waals surface area contributed by atoms with Crippen molar-refractivity contribution in [3.63, 3.8) is 0 Å². The summed E-state index contributed by atoms with van der Waals surface area (Å²) in [6.07, 6.45) is 0. The van der Waals surface area contributed by atoms with Gasteiger partial charge in [0.15, 0.2) is 0 Å². The normalized spacial score (nSPS) is 14.0. The Morgan fingerprint density at radius 2 is 1.10 bits per heavy atom. The van der Waals surface area contributed by atoms with Gasteiger partial charge in [0.2, 0.25) is 0 Å². The molecule has 5 rings (SSSR count). The van der Waals surface area contributed by atoms with Crippen molar-refractivity contribution in [2.75, 3.05) is 0 Å². The summed E-state index contributed by atoms with van der Waals surface area (Å²) < 4.78 is 0. The highest BCUT2D eigenvalue weighted by Crippen LogP contribution is 2.55. The third-order valence-electron chi connectivity index (χ3n) is 6.87. The Morgan fingerprint density at radius 3 is 1.65 bits per heavy atom. The maximum Gasteiger partial charge on any atom is 0.0719 e. The molecule has 4 aromatic rings. The number of fused-ring (bicyclic) bond motifs is 3. The van der Waals surface area contributed by atoms with Gasteiger partial charge in [0.05, 0.1) is 5.41 Å². The molecule has 31 heavy (non-hydrogen) atoms. The fourth-order valence-corrected chi connectivity index (χ4v) is 5.15. The van der Waals surface area contributed by atoms with Gasteiger partial charge in [-0.2, -0.15) is 0 Å². The minimum absolute atomic E-state index is 0.349. The van der Waals surface area contributed by atoms with E-state index in [1.54, 1.807) is 0 Å². The van der Waals surface area contributed by atoms with E-state index in [2.05, 4.69) is 125 Å². The van der Waals surface area contributed by atoms with E-state index in [9.17, 15) is 0 Å². The molecule has 0 saturated heterocycles. The SMILES string of the molecule is CC(C)c1ccc(C2(c3ccc(C(C)C)cc3)c3[c]cccc3-c3ccccc32)cc1. The van der Waals surface area contributed by atoms with E-state index in [-0.39, 0.29) is 5.41 Å². The summed E-state index contributed by atoms with van der Waals surface area (Å²) in [6, 6.07) is 37.5. The predicted octanol–water partition coefficient (Wildman–Crippen LogP) is 8.10. The molecule has 0 N–H and O–H groups in total. The molecule has 0 spiro atoms. The molecule has 0 fully saturated rings. The van der Waals surface area contributed by atoms with Crippen LogP contribution in [0.2, 0.25) is 0 Å². The Morgan fingerprint density at radius 1 is 0.581 bits per heavy atom. The summed E-state index contributed by atoms with van der Waals surface area (Å²) in [7, 11) is 0. The lowest BCUT2D eigenvalue weighted by Gasteiger charge is -2.34. The Balaban J connectivity index is 1.84. The lowest BCUT2D eigenvalue weighted by molar-refractivity contribution is 0.760. The first-order chi connectivity index (χ1) is 15.0. The minimum atomic E-state index is -0.349. The van der Waals surface area contributed by atoms with Gasteiger partial charge in [0, 0.05) is 0 Å². The lowest BCUT2D eigenvalue weighted by Crippen LogP contribution is -2.28. The highest BCUT2D eigenvalue weighted by molar-refractivity contribution is 5.85. The molecule has 0 aliphatic heterocycles. The molecule has 4 aromatic carbocycles. The van der Waals surface area contributed by atoms with Crippen molar-refractivity contribution in [1.29, 1.82) is 0 Å². The van der Waals surface area contributed by atoms with Crippen molar-refractivity contribution in [2.45, 2.75) is 44.9 Å². The minimum Gasteiger partial charge on any atom is -0.0619 e. The van der Waals surface area contributed by atoms with Crippen LogP contribution in [0.5, 0.6) is 0 Å². The summed E-state index contributed by atoms with van der Waals surface area (Å²) >= 11 is 0. The highest BCUT2D eigenvalue weighted by atomic mass is 14.5. The molecule has 153 valence electrons. The molecule has 0 saturated carbocycles. The Labute approximate surface area is 186 Å². The Bertz CT molecular complexity index is 1110. The average Bonchev–Trinajstić information content (AvgIpc) is 3.11. The molecule has 1 aliphatic rings. The number of hydrogen-bond donors (Lipinski definition) is 0. The molecule has 0 amide bonds. The van der Waals surface area contributed by atoms with E-state index in [1.165, 1.54) is 44.5 Å². The second-order valence-corrected chi connectivity index (χ2v) is 9.31. The summed E-state index contributed by atoms with van der Waals surface area (Å²) in [5.41, 5.74) is 10.2. The van der Waals surface area contributed by atoms with E-state index in [4.69, 9.17) is 0 Å². The Kier molecular flexibility index (Phi) is 4.82. The van der Waals surface area contributed by atoms with Gasteiger partial charge in [-0.3, -0.25) is 0 Å². The van der Waals surface area contributed by atoms with E-state index < -0.39 is 0 Å². The van der Waals surface area contributed by atoms with Gasteiger partial charge in [-0.1, -0.05) is 119 Å². The summed E-state index contributed by atoms with van der Waals surface area (Å²) in [5, 5.41) is 0. The summed E-state index contributed by atoms with van der Waals surface area (Å²) in [4.78, 5) is 0. The van der Waals surface area contributed by atoms with Crippen molar-refractivity contribution in [3.8, 4) is 11.1 Å². The van der Waals surface area contributed by atoms with Crippen molar-refractivity contribution in [3.05, 3.63) is 130 Å². The van der Waals surface area contributed by atoms with Crippen LogP contribution in [-0.2, 0) is 5.41 Å². The number of benzene rings is 4. The molecule has 0 bridgehead atoms. The van der Waals surface area contributed by atoms with Crippen LogP contribution in [0.15, 0.2) is 91.0 Å². The van der Waals surface area contributed by atoms with E-state index in [0.717, 1.165) is 0 Å². The van der Waals surface area contributed by atoms with Gasteiger partial charge >= 0.3 is 0 Å². The average molecular weight is 402 g/mol. The van der Waals surface area contributed by atoms with Crippen LogP contribution in [0, 0.1) is 6.07 Å². The van der Waals surface area contributed by atoms with Crippen LogP contribution in [-0.4, -0.2) is 0 Å². The van der Waals surface area contributed by atoms with Crippen LogP contribution in [0.4, 0.5) is 0 Å². The third-order valence-corrected chi connectivity index (χ3v) is 6.87. The molecule has 0 heteroatoms. The first-order valence-corrected chi connectivity index (χ1v) is 11.4. The molecule has 0 aromatic heterocycles. The molecule has 0 unspecified atom stereocenters. The van der Waals surface area contributed by atoms with Crippen LogP contribution >= 0.6 is 0 Å². The smallest absolute Gasteiger partial charge is 0.0619 e. The molecule has 0 nitrogen and oxygen atoms in total. The van der Waals surface area contributed by atoms with Crippen molar-refractivity contribution in [1.82, 2.24) is 0 Å². The standard InChI is InChI=1S/C31H29/c1-21(2)23-13-17-25(18-14-23)31(26-19-15-24(16-20-26)22(3)4)29-11-7-5-9-27(29)28-10-6-8-12-30(28)31/h5-11,13-22H,1-4H3. The van der Waals surface area contributed by atoms with E-state index >= 15 is 0 Å². The maximum atomic E-state index is 3.66. The van der Waals surface area contributed by atoms with Gasteiger partial charge in [0.25, 0.3) is 0 Å². The van der Waals surface area contributed by atoms with Crippen molar-refractivity contribution >= 4 is 0 Å². The number of hydrogen-bond acceptors (Lipinski definition) is 0. The Hall–Kier alpha value is -3.12. The second kappa shape index (κ2) is 7.54. The highest BCUT2D eigenvalue weighted by Gasteiger charge is 2.45. The molecule has 1 aliphatic carbocycles. The molecule has 0 heterocycles. The first-order valence-electron chi connectivity index (χ1n) is 11.4. The lowest BCUT2D eigenvalue weighted by atomic mass is 9.67. The van der Waals surface area contributed by atoms with Crippen LogP contribution in [0.3, 0.4) is 0 Å². The molecular weight excluding hydrogens is 372 g/mol. The fourth-order valence-electron chi connectivity index (χ4n) is 5.15. The quantitative estimate of drug-likeness (QED) is 0.285. The van der Waals surface area contributed by atoms with E-state index in [1.807, 2.05) is 0 Å². The summed E-state index contributed by atoms with van der Waals surface area (Å²) in [5.74, 6) is 1.04. The van der Waals surface area contributed by atoms with Crippen LogP contribution < -0.4 is 0 Å². The predicted molar refractivity (Wildman–Crippen MR) is 131 cm³/mol. The van der Waals surface area contributed by atoms with Gasteiger partial charge in [-0.15, -0.1) is 0 Å². The van der Waals surface area contributed by atoms with E-state index in [0.29, 0.717) is 11.8 Å². The zero-order chi connectivity index (χ0) is 21.6. The molecule has 0 atom stereocenters. The monoisotopic (exact) mass is 401 g/mol. The number of rotatable bonds is 4. The second-order valence-electron chi connectivity index (χ2n) is 9.31. The maximum absolute atomic E-state index is 3.66. The van der Waals surface area contributed by atoms with Gasteiger partial charge < -0.3 is 0 Å². The van der Waals surface area contributed by atoms with Crippen LogP contribution in [0.1, 0.15) is 72.9 Å². The topological polar surface area (TPSA) is 0 Å². The zero-order valence-electron chi connectivity index (χ0n) is 18.8. The summed E-state index contributed by atoms with van der Waals surface area (Å²) in [6.45, 7) is 9.01. The van der Waals surface area contributed by atoms with Gasteiger partial charge in [0.1, 0.15) is 0 Å².